The fraction of sp³-hybridized carbons (Fsp3) is 0.364. The van der Waals surface area contributed by atoms with E-state index < -0.39 is 0 Å². The van der Waals surface area contributed by atoms with Crippen molar-refractivity contribution in [2.45, 2.75) is 18.4 Å². The van der Waals surface area contributed by atoms with Crippen LogP contribution in [0.5, 0.6) is 0 Å². The lowest BCUT2D eigenvalue weighted by Crippen LogP contribution is -2.28. The molecular formula is C11H11FINO2. The Bertz CT molecular complexity index is 424. The summed E-state index contributed by atoms with van der Waals surface area (Å²) >= 11 is 1.91. The zero-order valence-corrected chi connectivity index (χ0v) is 10.6. The molecule has 2 N–H and O–H groups in total. The molecule has 16 heavy (non-hydrogen) atoms. The van der Waals surface area contributed by atoms with E-state index in [1.165, 1.54) is 6.07 Å². The standard InChI is InChI=1S/C11H11FINO2/c12-9-3-6(1-2-10(9)13)8-4-7(5-15)14-11(8)16/h1-3,7-8,15H,4-5H2,(H,14,16)/t7-,8?/m1/s1. The number of carbonyl (C=O) groups is 1. The second-order valence-electron chi connectivity index (χ2n) is 3.85. The van der Waals surface area contributed by atoms with Gasteiger partial charge < -0.3 is 10.4 Å². The quantitative estimate of drug-likeness (QED) is 0.803. The third-order valence-electron chi connectivity index (χ3n) is 2.75. The van der Waals surface area contributed by atoms with E-state index in [4.69, 9.17) is 5.11 Å². The van der Waals surface area contributed by atoms with Crippen molar-refractivity contribution < 1.29 is 14.3 Å². The zero-order chi connectivity index (χ0) is 11.7. The first-order chi connectivity index (χ1) is 7.61. The smallest absolute Gasteiger partial charge is 0.227 e. The van der Waals surface area contributed by atoms with E-state index in [2.05, 4.69) is 5.32 Å². The van der Waals surface area contributed by atoms with E-state index in [9.17, 15) is 9.18 Å². The van der Waals surface area contributed by atoms with Crippen molar-refractivity contribution in [3.05, 3.63) is 33.1 Å². The average Bonchev–Trinajstić information content (AvgIpc) is 2.64. The van der Waals surface area contributed by atoms with Crippen molar-refractivity contribution in [1.82, 2.24) is 5.32 Å². The van der Waals surface area contributed by atoms with Gasteiger partial charge in [0.05, 0.1) is 18.6 Å². The Hall–Kier alpha value is -0.690. The van der Waals surface area contributed by atoms with Crippen LogP contribution in [0.15, 0.2) is 18.2 Å². The van der Waals surface area contributed by atoms with Gasteiger partial charge >= 0.3 is 0 Å². The summed E-state index contributed by atoms with van der Waals surface area (Å²) in [5.41, 5.74) is 0.673. The van der Waals surface area contributed by atoms with Gasteiger partial charge in [0.25, 0.3) is 0 Å². The molecule has 5 heteroatoms. The Kier molecular flexibility index (Phi) is 3.44. The first-order valence-electron chi connectivity index (χ1n) is 4.98. The maximum atomic E-state index is 13.4. The Morgan fingerprint density at radius 1 is 1.56 bits per heavy atom. The molecule has 1 aliphatic rings. The van der Waals surface area contributed by atoms with Gasteiger partial charge in [-0.25, -0.2) is 4.39 Å². The predicted octanol–water partition coefficient (Wildman–Crippen LogP) is 1.39. The first-order valence-corrected chi connectivity index (χ1v) is 6.06. The number of amides is 1. The molecule has 1 aliphatic heterocycles. The van der Waals surface area contributed by atoms with Crippen molar-refractivity contribution >= 4 is 28.5 Å². The second-order valence-corrected chi connectivity index (χ2v) is 5.01. The van der Waals surface area contributed by atoms with Crippen molar-refractivity contribution in [3.8, 4) is 0 Å². The normalized spacial score (nSPS) is 24.6. The summed E-state index contributed by atoms with van der Waals surface area (Å²) in [6, 6.07) is 4.60. The van der Waals surface area contributed by atoms with Crippen LogP contribution in [0.2, 0.25) is 0 Å². The third-order valence-corrected chi connectivity index (χ3v) is 3.62. The van der Waals surface area contributed by atoms with E-state index in [1.54, 1.807) is 12.1 Å². The summed E-state index contributed by atoms with van der Waals surface area (Å²) < 4.78 is 13.9. The molecule has 1 fully saturated rings. The lowest BCUT2D eigenvalue weighted by atomic mass is 9.96. The van der Waals surface area contributed by atoms with Crippen molar-refractivity contribution in [2.24, 2.45) is 0 Å². The van der Waals surface area contributed by atoms with Gasteiger partial charge in [0.1, 0.15) is 5.82 Å². The summed E-state index contributed by atoms with van der Waals surface area (Å²) in [4.78, 5) is 11.6. The maximum absolute atomic E-state index is 13.4. The molecule has 0 saturated carbocycles. The molecule has 86 valence electrons. The highest BCUT2D eigenvalue weighted by Crippen LogP contribution is 2.28. The van der Waals surface area contributed by atoms with Crippen molar-refractivity contribution in [3.63, 3.8) is 0 Å². The van der Waals surface area contributed by atoms with E-state index in [0.717, 1.165) is 0 Å². The average molecular weight is 335 g/mol. The van der Waals surface area contributed by atoms with Crippen LogP contribution in [-0.4, -0.2) is 23.7 Å². The van der Waals surface area contributed by atoms with Crippen LogP contribution in [0.4, 0.5) is 4.39 Å². The van der Waals surface area contributed by atoms with Gasteiger partial charge in [-0.15, -0.1) is 0 Å². The highest BCUT2D eigenvalue weighted by atomic mass is 127. The van der Waals surface area contributed by atoms with E-state index in [1.807, 2.05) is 22.6 Å². The molecule has 1 amide bonds. The lowest BCUT2D eigenvalue weighted by Gasteiger charge is -2.07. The number of benzene rings is 1. The van der Waals surface area contributed by atoms with Crippen LogP contribution in [0.1, 0.15) is 17.9 Å². The fourth-order valence-corrected chi connectivity index (χ4v) is 2.22. The third kappa shape index (κ3) is 2.20. The van der Waals surface area contributed by atoms with Gasteiger partial charge in [-0.3, -0.25) is 4.79 Å². The van der Waals surface area contributed by atoms with Crippen LogP contribution in [0.25, 0.3) is 0 Å². The van der Waals surface area contributed by atoms with Crippen LogP contribution in [-0.2, 0) is 4.79 Å². The van der Waals surface area contributed by atoms with Gasteiger partial charge in [0, 0.05) is 3.57 Å². The van der Waals surface area contributed by atoms with E-state index in [0.29, 0.717) is 15.6 Å². The highest BCUT2D eigenvalue weighted by Gasteiger charge is 2.32. The minimum absolute atomic E-state index is 0.0743. The monoisotopic (exact) mass is 335 g/mol. The van der Waals surface area contributed by atoms with Crippen LogP contribution in [0, 0.1) is 9.39 Å². The fourth-order valence-electron chi connectivity index (χ4n) is 1.89. The minimum atomic E-state index is -0.344. The molecule has 1 saturated heterocycles. The summed E-state index contributed by atoms with van der Waals surface area (Å²) in [5, 5.41) is 11.6. The van der Waals surface area contributed by atoms with Gasteiger partial charge in [-0.2, -0.15) is 0 Å². The second kappa shape index (κ2) is 4.67. The number of carbonyl (C=O) groups excluding carboxylic acids is 1. The molecule has 1 heterocycles. The van der Waals surface area contributed by atoms with Gasteiger partial charge in [0.2, 0.25) is 5.91 Å². The van der Waals surface area contributed by atoms with E-state index in [-0.39, 0.29) is 30.3 Å². The van der Waals surface area contributed by atoms with Crippen LogP contribution >= 0.6 is 22.6 Å². The minimum Gasteiger partial charge on any atom is -0.394 e. The number of hydrogen-bond donors (Lipinski definition) is 2. The molecule has 1 aromatic carbocycles. The predicted molar refractivity (Wildman–Crippen MR) is 65.5 cm³/mol. The van der Waals surface area contributed by atoms with Gasteiger partial charge in [-0.1, -0.05) is 6.07 Å². The first kappa shape index (κ1) is 11.8. The summed E-state index contributed by atoms with van der Waals surface area (Å²) in [6.45, 7) is -0.0743. The molecule has 1 aromatic rings. The van der Waals surface area contributed by atoms with Crippen LogP contribution < -0.4 is 5.32 Å². The number of hydrogen-bond acceptors (Lipinski definition) is 2. The molecular weight excluding hydrogens is 324 g/mol. The summed E-state index contributed by atoms with van der Waals surface area (Å²) in [7, 11) is 0. The maximum Gasteiger partial charge on any atom is 0.227 e. The van der Waals surface area contributed by atoms with Crippen molar-refractivity contribution in [1.29, 1.82) is 0 Å². The summed E-state index contributed by atoms with van der Waals surface area (Å²) in [6.07, 6.45) is 0.523. The Labute approximate surface area is 106 Å². The van der Waals surface area contributed by atoms with Gasteiger partial charge in [0.15, 0.2) is 0 Å². The highest BCUT2D eigenvalue weighted by molar-refractivity contribution is 14.1. The molecule has 0 spiro atoms. The largest absolute Gasteiger partial charge is 0.394 e. The summed E-state index contributed by atoms with van der Waals surface area (Å²) in [5.74, 6) is -0.790. The molecule has 0 aromatic heterocycles. The lowest BCUT2D eigenvalue weighted by molar-refractivity contribution is -0.120. The molecule has 0 radical (unpaired) electrons. The number of halogens is 2. The number of aliphatic hydroxyl groups excluding tert-OH is 1. The molecule has 2 rings (SSSR count). The van der Waals surface area contributed by atoms with E-state index >= 15 is 0 Å². The molecule has 0 aliphatic carbocycles. The zero-order valence-electron chi connectivity index (χ0n) is 8.41. The number of rotatable bonds is 2. The molecule has 2 atom stereocenters. The topological polar surface area (TPSA) is 49.3 Å². The SMILES string of the molecule is O=C1N[C@@H](CO)CC1c1ccc(I)c(F)c1. The number of nitrogens with one attached hydrogen (secondary N) is 1. The Morgan fingerprint density at radius 2 is 2.31 bits per heavy atom. The molecule has 3 nitrogen and oxygen atoms in total. The van der Waals surface area contributed by atoms with Crippen molar-refractivity contribution in [2.75, 3.05) is 6.61 Å². The Morgan fingerprint density at radius 3 is 2.88 bits per heavy atom. The molecule has 0 bridgehead atoms. The van der Waals surface area contributed by atoms with Crippen LogP contribution in [0.3, 0.4) is 0 Å². The number of aliphatic hydroxyl groups is 1. The van der Waals surface area contributed by atoms with Gasteiger partial charge in [-0.05, 0) is 46.7 Å². The molecule has 1 unspecified atom stereocenters. The Balaban J connectivity index is 2.24.